The topological polar surface area (TPSA) is 176 Å². The number of carbonyl (C=O) groups excluding carboxylic acids is 1. The van der Waals surface area contributed by atoms with Gasteiger partial charge in [0.15, 0.2) is 5.65 Å². The molecule has 13 heteroatoms. The zero-order valence-electron chi connectivity index (χ0n) is 27.3. The molecule has 1 saturated heterocycles. The molecule has 0 spiro atoms. The van der Waals surface area contributed by atoms with E-state index in [1.54, 1.807) is 12.1 Å². The van der Waals surface area contributed by atoms with Gasteiger partial charge in [0.25, 0.3) is 0 Å². The molecule has 1 aliphatic rings. The van der Waals surface area contributed by atoms with Gasteiger partial charge < -0.3 is 40.6 Å². The number of nitrogens with zero attached hydrogens (tertiary/aromatic N) is 3. The number of ether oxygens (including phenoxy) is 2. The molecule has 0 bridgehead atoms. The number of phenolic OH excluding ortho intramolecular Hbond substituents is 1. The van der Waals surface area contributed by atoms with Gasteiger partial charge in [0.05, 0.1) is 35.5 Å². The number of aryl methyl sites for hydroxylation is 2. The number of hydrogen-bond acceptors (Lipinski definition) is 10. The summed E-state index contributed by atoms with van der Waals surface area (Å²) in [5, 5.41) is 36.8. The Kier molecular flexibility index (Phi) is 12.0. The second-order valence-electron chi connectivity index (χ2n) is 11.9. The van der Waals surface area contributed by atoms with Gasteiger partial charge in [0.1, 0.15) is 5.75 Å². The number of rotatable bonds is 16. The van der Waals surface area contributed by atoms with E-state index in [2.05, 4.69) is 33.0 Å². The van der Waals surface area contributed by atoms with Crippen LogP contribution in [0.4, 0.5) is 10.5 Å². The Labute approximate surface area is 274 Å². The predicted molar refractivity (Wildman–Crippen MR) is 181 cm³/mol. The first-order valence-electron chi connectivity index (χ1n) is 16.7. The second kappa shape index (κ2) is 16.6. The number of H-pyrrole nitrogens is 1. The molecular formula is C34H47N7O6. The molecule has 1 aliphatic heterocycles. The summed E-state index contributed by atoms with van der Waals surface area (Å²) in [5.74, 6) is -0.0309. The van der Waals surface area contributed by atoms with E-state index < -0.39 is 12.2 Å². The van der Waals surface area contributed by atoms with E-state index in [0.29, 0.717) is 36.2 Å². The molecule has 1 atom stereocenters. The minimum Gasteiger partial charge on any atom is -0.506 e. The lowest BCUT2D eigenvalue weighted by atomic mass is 10.0. The number of anilines is 1. The third-order valence-electron chi connectivity index (χ3n) is 8.67. The number of hydrogen-bond donors (Lipinski definition) is 6. The number of carbonyl (C=O) groups is 1. The Morgan fingerprint density at radius 2 is 1.94 bits per heavy atom. The smallest absolute Gasteiger partial charge is 0.407 e. The van der Waals surface area contributed by atoms with Crippen LogP contribution in [0.2, 0.25) is 0 Å². The standard InChI is InChI=1S/C34H47N7O6/c1-3-27-25(31(38-22-13-17-46-18-14-22)26-20-37-41(4-2)33(26)39-27)19-36-34(45)47-16-8-6-5-7-15-35-21-29(43)23-9-11-28(42)32-24(23)10-12-30(44)40-32/h9-12,20,22,29,35,42-43H,3-8,13-19,21H2,1-2H3,(H,36,45)(H,38,39)(H,40,44)/t29-/m0/s1. The monoisotopic (exact) mass is 649 g/mol. The number of benzene rings is 1. The summed E-state index contributed by atoms with van der Waals surface area (Å²) >= 11 is 0. The highest BCUT2D eigenvalue weighted by atomic mass is 16.5. The Balaban J connectivity index is 1.03. The van der Waals surface area contributed by atoms with Gasteiger partial charge in [0.2, 0.25) is 5.56 Å². The number of nitrogens with one attached hydrogen (secondary N) is 4. The number of unbranched alkanes of at least 4 members (excludes halogenated alkanes) is 3. The zero-order valence-corrected chi connectivity index (χ0v) is 27.3. The van der Waals surface area contributed by atoms with Gasteiger partial charge in [-0.15, -0.1) is 0 Å². The van der Waals surface area contributed by atoms with Crippen molar-refractivity contribution in [3.63, 3.8) is 0 Å². The van der Waals surface area contributed by atoms with Crippen LogP contribution in [0.15, 0.2) is 35.3 Å². The third kappa shape index (κ3) is 8.59. The average Bonchev–Trinajstić information content (AvgIpc) is 3.50. The van der Waals surface area contributed by atoms with E-state index in [4.69, 9.17) is 14.5 Å². The molecule has 0 saturated carbocycles. The van der Waals surface area contributed by atoms with Crippen LogP contribution in [-0.4, -0.2) is 75.0 Å². The Hall–Kier alpha value is -4.20. The van der Waals surface area contributed by atoms with E-state index >= 15 is 0 Å². The number of aromatic hydroxyl groups is 1. The van der Waals surface area contributed by atoms with Gasteiger partial charge in [-0.25, -0.2) is 14.5 Å². The summed E-state index contributed by atoms with van der Waals surface area (Å²) in [6.45, 7) is 8.01. The van der Waals surface area contributed by atoms with E-state index in [-0.39, 0.29) is 17.4 Å². The third-order valence-corrected chi connectivity index (χ3v) is 8.67. The van der Waals surface area contributed by atoms with E-state index in [9.17, 15) is 19.8 Å². The number of aromatic amines is 1. The molecule has 0 radical (unpaired) electrons. The maximum absolute atomic E-state index is 12.6. The van der Waals surface area contributed by atoms with Crippen molar-refractivity contribution in [2.75, 3.05) is 38.2 Å². The quantitative estimate of drug-likeness (QED) is 0.0962. The van der Waals surface area contributed by atoms with Crippen LogP contribution in [0.5, 0.6) is 5.75 Å². The summed E-state index contributed by atoms with van der Waals surface area (Å²) in [7, 11) is 0. The summed E-state index contributed by atoms with van der Waals surface area (Å²) in [6.07, 6.45) is 6.72. The van der Waals surface area contributed by atoms with Crippen molar-refractivity contribution in [1.82, 2.24) is 30.4 Å². The highest BCUT2D eigenvalue weighted by Crippen LogP contribution is 2.31. The van der Waals surface area contributed by atoms with Crippen LogP contribution in [0, 0.1) is 0 Å². The number of aliphatic hydroxyl groups excluding tert-OH is 1. The number of fused-ring (bicyclic) bond motifs is 2. The van der Waals surface area contributed by atoms with Gasteiger partial charge in [0, 0.05) is 61.6 Å². The minimum absolute atomic E-state index is 0.0309. The van der Waals surface area contributed by atoms with Gasteiger partial charge in [-0.05, 0) is 63.3 Å². The normalized spacial score (nSPS) is 14.4. The summed E-state index contributed by atoms with van der Waals surface area (Å²) in [5.41, 5.74) is 4.37. The number of phenols is 1. The molecule has 6 N–H and O–H groups in total. The molecule has 0 aliphatic carbocycles. The molecular weight excluding hydrogens is 602 g/mol. The number of amides is 1. The van der Waals surface area contributed by atoms with Crippen molar-refractivity contribution in [2.45, 2.75) is 84.0 Å². The van der Waals surface area contributed by atoms with E-state index in [1.165, 1.54) is 12.1 Å². The number of pyridine rings is 2. The van der Waals surface area contributed by atoms with Crippen molar-refractivity contribution in [1.29, 1.82) is 0 Å². The first-order chi connectivity index (χ1) is 22.9. The maximum atomic E-state index is 12.6. The Bertz CT molecular complexity index is 1700. The zero-order chi connectivity index (χ0) is 33.2. The highest BCUT2D eigenvalue weighted by Gasteiger charge is 2.22. The van der Waals surface area contributed by atoms with Crippen LogP contribution >= 0.6 is 0 Å². The van der Waals surface area contributed by atoms with E-state index in [1.807, 2.05) is 17.8 Å². The second-order valence-corrected chi connectivity index (χ2v) is 11.9. The van der Waals surface area contributed by atoms with Crippen LogP contribution < -0.4 is 21.5 Å². The molecule has 4 aromatic rings. The lowest BCUT2D eigenvalue weighted by molar-refractivity contribution is 0.0904. The van der Waals surface area contributed by atoms with Crippen molar-refractivity contribution < 1.29 is 24.5 Å². The molecule has 254 valence electrons. The van der Waals surface area contributed by atoms with E-state index in [0.717, 1.165) is 99.2 Å². The average molecular weight is 650 g/mol. The fraction of sp³-hybridized carbons (Fsp3) is 0.529. The highest BCUT2D eigenvalue weighted by molar-refractivity contribution is 5.92. The lowest BCUT2D eigenvalue weighted by Gasteiger charge is -2.26. The first-order valence-corrected chi connectivity index (χ1v) is 16.7. The molecule has 0 unspecified atom stereocenters. The van der Waals surface area contributed by atoms with Gasteiger partial charge >= 0.3 is 6.09 Å². The van der Waals surface area contributed by atoms with Crippen molar-refractivity contribution in [3.8, 4) is 5.75 Å². The fourth-order valence-corrected chi connectivity index (χ4v) is 6.08. The number of alkyl carbamates (subject to hydrolysis) is 1. The fourth-order valence-electron chi connectivity index (χ4n) is 6.08. The molecule has 1 fully saturated rings. The molecule has 13 nitrogen and oxygen atoms in total. The molecule has 5 rings (SSSR count). The Morgan fingerprint density at radius 3 is 2.72 bits per heavy atom. The molecule has 3 aromatic heterocycles. The number of aliphatic hydroxyl groups is 1. The van der Waals surface area contributed by atoms with Crippen LogP contribution in [0.25, 0.3) is 21.9 Å². The predicted octanol–water partition coefficient (Wildman–Crippen LogP) is 4.26. The first kappa shape index (κ1) is 34.1. The van der Waals surface area contributed by atoms with Crippen LogP contribution in [0.1, 0.15) is 75.3 Å². The molecule has 4 heterocycles. The van der Waals surface area contributed by atoms with Gasteiger partial charge in [-0.3, -0.25) is 4.79 Å². The Morgan fingerprint density at radius 1 is 1.13 bits per heavy atom. The maximum Gasteiger partial charge on any atom is 0.407 e. The molecule has 1 aromatic carbocycles. The van der Waals surface area contributed by atoms with Crippen LogP contribution in [0.3, 0.4) is 0 Å². The minimum atomic E-state index is -0.787. The van der Waals surface area contributed by atoms with Crippen molar-refractivity contribution >= 4 is 33.7 Å². The summed E-state index contributed by atoms with van der Waals surface area (Å²) in [4.78, 5) is 31.8. The van der Waals surface area contributed by atoms with Crippen molar-refractivity contribution in [2.24, 2.45) is 0 Å². The van der Waals surface area contributed by atoms with Gasteiger partial charge in [-0.2, -0.15) is 5.10 Å². The molecule has 47 heavy (non-hydrogen) atoms. The largest absolute Gasteiger partial charge is 0.506 e. The number of aromatic nitrogens is 4. The molecule has 1 amide bonds. The van der Waals surface area contributed by atoms with Gasteiger partial charge in [-0.1, -0.05) is 25.8 Å². The lowest BCUT2D eigenvalue weighted by Crippen LogP contribution is -2.30. The van der Waals surface area contributed by atoms with Crippen LogP contribution in [-0.2, 0) is 29.0 Å². The summed E-state index contributed by atoms with van der Waals surface area (Å²) in [6, 6.07) is 6.41. The SMILES string of the molecule is CCc1nc2c(cnn2CC)c(NC2CCOCC2)c1CNC(=O)OCCCCCCNC[C@H](O)c1ccc(O)c2[nH]c(=O)ccc12. The summed E-state index contributed by atoms with van der Waals surface area (Å²) < 4.78 is 12.9. The van der Waals surface area contributed by atoms with Crippen molar-refractivity contribution in [3.05, 3.63) is 57.6 Å².